The molecule has 3 heterocycles. The molecule has 338 valence electrons. The standard InChI is InChI=1S/C31H44N7O19P3S/c1-31(2,25(43)28(44)34-9-8-20(39)33-10-11-61-30(45)18(12-21(40)41)17-6-4-3-5-7-17)14-54-60(51,52)57-59(49,50)53-13-19-24(56-58(46,47)48)23(42)29(55-19)38-16-37-22-26(32)35-15-36-27(22)38/h3-7,15-16,18-19,23-25,29,42-43H,8-14H2,1-2H3,(H,33,39)(H,34,44)(H,40,41)(H,49,50)(H,51,52)(H2,32,35,36)(H2,46,47,48)/t18?,19-,23-,24-,25+,29-/m1/s1. The monoisotopic (exact) mass is 943 g/mol. The number of aliphatic carboxylic acids is 1. The van der Waals surface area contributed by atoms with Crippen molar-refractivity contribution in [1.82, 2.24) is 30.2 Å². The van der Waals surface area contributed by atoms with E-state index in [0.717, 1.165) is 29.0 Å². The number of aliphatic hydroxyl groups excluding tert-OH is 2. The molecule has 61 heavy (non-hydrogen) atoms. The lowest BCUT2D eigenvalue weighted by Gasteiger charge is -2.30. The van der Waals surface area contributed by atoms with Crippen LogP contribution in [0.3, 0.4) is 0 Å². The molecule has 1 aromatic carbocycles. The maximum absolute atomic E-state index is 12.7. The lowest BCUT2D eigenvalue weighted by atomic mass is 9.87. The Labute approximate surface area is 350 Å². The number of nitrogens with zero attached hydrogens (tertiary/aromatic N) is 4. The number of carboxylic acids is 1. The number of amides is 2. The van der Waals surface area contributed by atoms with Crippen molar-refractivity contribution in [2.75, 3.05) is 37.8 Å². The van der Waals surface area contributed by atoms with Crippen LogP contribution in [0.4, 0.5) is 5.82 Å². The fraction of sp³-hybridized carbons (Fsp3) is 0.516. The molecule has 0 saturated carbocycles. The Bertz CT molecular complexity index is 2180. The molecule has 0 spiro atoms. The van der Waals surface area contributed by atoms with Gasteiger partial charge in [0.1, 0.15) is 36.3 Å². The maximum Gasteiger partial charge on any atom is 0.481 e. The molecule has 1 saturated heterocycles. The first-order valence-corrected chi connectivity index (χ1v) is 23.2. The number of fused-ring (bicyclic) bond motifs is 1. The van der Waals surface area contributed by atoms with Gasteiger partial charge in [0.15, 0.2) is 22.8 Å². The van der Waals surface area contributed by atoms with Gasteiger partial charge < -0.3 is 56.0 Å². The highest BCUT2D eigenvalue weighted by atomic mass is 32.2. The van der Waals surface area contributed by atoms with Crippen molar-refractivity contribution in [3.05, 3.63) is 48.5 Å². The molecule has 0 bridgehead atoms. The van der Waals surface area contributed by atoms with Crippen LogP contribution in [0.1, 0.15) is 44.4 Å². The summed E-state index contributed by atoms with van der Waals surface area (Å²) in [5.74, 6) is -3.50. The Balaban J connectivity index is 1.22. The van der Waals surface area contributed by atoms with Crippen LogP contribution in [-0.2, 0) is 55.5 Å². The van der Waals surface area contributed by atoms with Crippen LogP contribution < -0.4 is 16.4 Å². The Kier molecular flexibility index (Phi) is 17.2. The average molecular weight is 944 g/mol. The first-order valence-electron chi connectivity index (χ1n) is 17.7. The highest BCUT2D eigenvalue weighted by Crippen LogP contribution is 2.61. The van der Waals surface area contributed by atoms with E-state index >= 15 is 0 Å². The van der Waals surface area contributed by atoms with E-state index in [4.69, 9.17) is 19.5 Å². The van der Waals surface area contributed by atoms with E-state index in [-0.39, 0.29) is 47.4 Å². The number of nitrogens with two attached hydrogens (primary N) is 1. The number of ether oxygens (including phenoxy) is 1. The van der Waals surface area contributed by atoms with Crippen LogP contribution in [0.5, 0.6) is 0 Å². The normalized spacial score (nSPS) is 21.2. The molecule has 1 aliphatic rings. The number of aliphatic hydroxyl groups is 2. The zero-order chi connectivity index (χ0) is 45.3. The smallest absolute Gasteiger partial charge is 0.481 e. The number of benzene rings is 1. The third-order valence-electron chi connectivity index (χ3n) is 8.61. The van der Waals surface area contributed by atoms with E-state index in [9.17, 15) is 67.8 Å². The minimum absolute atomic E-state index is 0.0178. The Hall–Kier alpha value is -3.75. The third-order valence-corrected chi connectivity index (χ3v) is 12.7. The van der Waals surface area contributed by atoms with Crippen molar-refractivity contribution in [3.63, 3.8) is 0 Å². The van der Waals surface area contributed by atoms with Crippen molar-refractivity contribution in [2.24, 2.45) is 5.41 Å². The van der Waals surface area contributed by atoms with E-state index in [1.54, 1.807) is 30.3 Å². The van der Waals surface area contributed by atoms with Crippen LogP contribution in [0.25, 0.3) is 11.2 Å². The van der Waals surface area contributed by atoms with Gasteiger partial charge in [-0.25, -0.2) is 28.6 Å². The molecular formula is C31H44N7O19P3S. The molecule has 30 heteroatoms. The second kappa shape index (κ2) is 21.1. The lowest BCUT2D eigenvalue weighted by molar-refractivity contribution is -0.138. The lowest BCUT2D eigenvalue weighted by Crippen LogP contribution is -2.46. The van der Waals surface area contributed by atoms with Crippen LogP contribution in [0.15, 0.2) is 43.0 Å². The molecule has 8 atom stereocenters. The van der Waals surface area contributed by atoms with E-state index < -0.39 is 103 Å². The van der Waals surface area contributed by atoms with Crippen LogP contribution >= 0.6 is 35.2 Å². The number of hydrogen-bond donors (Lipinski definition) is 10. The second-order valence-corrected chi connectivity index (χ2v) is 19.1. The van der Waals surface area contributed by atoms with Crippen LogP contribution in [0.2, 0.25) is 0 Å². The molecule has 2 aromatic heterocycles. The van der Waals surface area contributed by atoms with E-state index in [1.165, 1.54) is 13.8 Å². The minimum Gasteiger partial charge on any atom is -0.481 e. The number of nitrogens with one attached hydrogen (secondary N) is 2. The molecule has 3 aromatic rings. The third kappa shape index (κ3) is 14.7. The number of carbonyl (C=O) groups excluding carboxylic acids is 3. The van der Waals surface area contributed by atoms with Crippen molar-refractivity contribution in [1.29, 1.82) is 0 Å². The first kappa shape index (κ1) is 49.9. The molecule has 4 rings (SSSR count). The predicted octanol–water partition coefficient (Wildman–Crippen LogP) is -0.0768. The van der Waals surface area contributed by atoms with Gasteiger partial charge in [-0.15, -0.1) is 0 Å². The van der Waals surface area contributed by atoms with E-state index in [0.29, 0.717) is 5.56 Å². The summed E-state index contributed by atoms with van der Waals surface area (Å²) in [5.41, 5.74) is 4.74. The van der Waals surface area contributed by atoms with Crippen molar-refractivity contribution < 1.29 is 90.4 Å². The number of carbonyl (C=O) groups is 4. The van der Waals surface area contributed by atoms with Crippen molar-refractivity contribution in [3.8, 4) is 0 Å². The summed E-state index contributed by atoms with van der Waals surface area (Å²) in [5, 5.41) is 35.2. The molecule has 11 N–H and O–H groups in total. The average Bonchev–Trinajstić information content (AvgIpc) is 3.73. The molecule has 2 amide bonds. The number of aromatic nitrogens is 4. The van der Waals surface area contributed by atoms with Gasteiger partial charge in [-0.05, 0) is 5.56 Å². The van der Waals surface area contributed by atoms with Crippen LogP contribution in [0, 0.1) is 5.41 Å². The fourth-order valence-corrected chi connectivity index (χ4v) is 9.23. The topological polar surface area (TPSA) is 401 Å². The summed E-state index contributed by atoms with van der Waals surface area (Å²) >= 11 is 0.852. The highest BCUT2D eigenvalue weighted by molar-refractivity contribution is 8.13. The second-order valence-electron chi connectivity index (χ2n) is 13.8. The van der Waals surface area contributed by atoms with Crippen molar-refractivity contribution in [2.45, 2.75) is 63.3 Å². The Morgan fingerprint density at radius 3 is 2.33 bits per heavy atom. The number of rotatable bonds is 23. The molecule has 26 nitrogen and oxygen atoms in total. The summed E-state index contributed by atoms with van der Waals surface area (Å²) in [7, 11) is -16.5. The summed E-state index contributed by atoms with van der Waals surface area (Å²) in [6.45, 7) is 0.146. The number of nitrogen functional groups attached to an aromatic ring is 1. The van der Waals surface area contributed by atoms with E-state index in [1.807, 2.05) is 0 Å². The Morgan fingerprint density at radius 1 is 1.00 bits per heavy atom. The first-order chi connectivity index (χ1) is 28.4. The number of phosphoric acid groups is 3. The van der Waals surface area contributed by atoms with Gasteiger partial charge in [0.05, 0.1) is 31.9 Å². The van der Waals surface area contributed by atoms with Gasteiger partial charge in [0.2, 0.25) is 11.8 Å². The molecule has 1 fully saturated rings. The van der Waals surface area contributed by atoms with Gasteiger partial charge in [-0.1, -0.05) is 55.9 Å². The molecular weight excluding hydrogens is 899 g/mol. The van der Waals surface area contributed by atoms with Gasteiger partial charge in [0, 0.05) is 30.7 Å². The van der Waals surface area contributed by atoms with Gasteiger partial charge in [-0.2, -0.15) is 4.31 Å². The summed E-state index contributed by atoms with van der Waals surface area (Å²) < 4.78 is 62.2. The quantitative estimate of drug-likeness (QED) is 0.0439. The molecule has 1 aliphatic heterocycles. The minimum atomic E-state index is -5.60. The number of hydrogen-bond acceptors (Lipinski definition) is 19. The van der Waals surface area contributed by atoms with Gasteiger partial charge >= 0.3 is 29.4 Å². The molecule has 0 radical (unpaired) electrons. The SMILES string of the molecule is CC(C)(COP(=O)(O)OP(=O)(O)OC[C@H]1O[C@@H](n2cnc3c(N)ncnc32)[C@H](O)[C@@H]1OP(=O)(O)O)[C@@H](O)C(=O)NCCC(=O)NCCSC(=O)C(CC(=O)O)c1ccccc1. The van der Waals surface area contributed by atoms with Gasteiger partial charge in [-0.3, -0.25) is 37.3 Å². The van der Waals surface area contributed by atoms with Crippen LogP contribution in [-0.4, -0.2) is 134 Å². The highest BCUT2D eigenvalue weighted by Gasteiger charge is 2.50. The zero-order valence-electron chi connectivity index (χ0n) is 32.1. The number of thioether (sulfide) groups is 1. The summed E-state index contributed by atoms with van der Waals surface area (Å²) in [4.78, 5) is 99.9. The fourth-order valence-electron chi connectivity index (χ4n) is 5.58. The molecule has 0 aliphatic carbocycles. The van der Waals surface area contributed by atoms with E-state index in [2.05, 4.69) is 34.4 Å². The maximum atomic E-state index is 12.7. The predicted molar refractivity (Wildman–Crippen MR) is 209 cm³/mol. The number of phosphoric ester groups is 3. The van der Waals surface area contributed by atoms with Gasteiger partial charge in [0.25, 0.3) is 0 Å². The number of carboxylic acid groups (broad SMARTS) is 1. The zero-order valence-corrected chi connectivity index (χ0v) is 35.6. The number of imidazole rings is 1. The largest absolute Gasteiger partial charge is 0.481 e. The number of anilines is 1. The summed E-state index contributed by atoms with van der Waals surface area (Å²) in [6, 6.07) is 8.39. The molecule has 3 unspecified atom stereocenters. The summed E-state index contributed by atoms with van der Waals surface area (Å²) in [6.07, 6.45) is -7.55. The Morgan fingerprint density at radius 2 is 1.67 bits per heavy atom. The van der Waals surface area contributed by atoms with Crippen molar-refractivity contribution >= 4 is 75.1 Å².